The summed E-state index contributed by atoms with van der Waals surface area (Å²) in [5.41, 5.74) is 3.43. The quantitative estimate of drug-likeness (QED) is 0.776. The van der Waals surface area contributed by atoms with E-state index < -0.39 is 5.60 Å². The number of ether oxygens (including phenoxy) is 1. The molecule has 0 unspecified atom stereocenters. The van der Waals surface area contributed by atoms with Crippen molar-refractivity contribution in [3.63, 3.8) is 0 Å². The lowest BCUT2D eigenvalue weighted by atomic mass is 10.0. The van der Waals surface area contributed by atoms with Crippen molar-refractivity contribution in [2.24, 2.45) is 0 Å². The molecule has 0 spiro atoms. The number of aromatic nitrogens is 1. The average molecular weight is 316 g/mol. The first-order valence-electron chi connectivity index (χ1n) is 8.50. The molecule has 1 amide bonds. The van der Waals surface area contributed by atoms with E-state index >= 15 is 0 Å². The van der Waals surface area contributed by atoms with Gasteiger partial charge >= 0.3 is 6.09 Å². The van der Waals surface area contributed by atoms with Crippen LogP contribution >= 0.6 is 0 Å². The van der Waals surface area contributed by atoms with E-state index in [-0.39, 0.29) is 6.09 Å². The summed E-state index contributed by atoms with van der Waals surface area (Å²) in [6.07, 6.45) is 3.51. The van der Waals surface area contributed by atoms with Gasteiger partial charge in [-0.3, -0.25) is 0 Å². The van der Waals surface area contributed by atoms with Crippen molar-refractivity contribution in [1.82, 2.24) is 9.88 Å². The van der Waals surface area contributed by atoms with Gasteiger partial charge in [0.15, 0.2) is 0 Å². The van der Waals surface area contributed by atoms with E-state index in [1.54, 1.807) is 0 Å². The van der Waals surface area contributed by atoms with E-state index in [1.165, 1.54) is 22.0 Å². The molecule has 0 atom stereocenters. The van der Waals surface area contributed by atoms with Crippen molar-refractivity contribution in [3.05, 3.63) is 35.5 Å². The fourth-order valence-corrected chi connectivity index (χ4v) is 2.88. The smallest absolute Gasteiger partial charge is 0.410 e. The molecule has 0 bridgehead atoms. The Morgan fingerprint density at radius 1 is 1.13 bits per heavy atom. The van der Waals surface area contributed by atoms with E-state index in [0.29, 0.717) is 13.1 Å². The van der Waals surface area contributed by atoms with Crippen molar-refractivity contribution in [2.75, 3.05) is 13.1 Å². The molecule has 1 aliphatic rings. The Kier molecular flexibility index (Phi) is 5.34. The summed E-state index contributed by atoms with van der Waals surface area (Å²) in [5.74, 6) is 0. The fraction of sp³-hybridized carbons (Fsp3) is 0.526. The minimum absolute atomic E-state index is 0.210. The van der Waals surface area contributed by atoms with Crippen LogP contribution in [0.4, 0.5) is 4.79 Å². The van der Waals surface area contributed by atoms with Gasteiger partial charge in [-0.05, 0) is 56.2 Å². The Balaban J connectivity index is 0.000000924. The van der Waals surface area contributed by atoms with Crippen molar-refractivity contribution in [3.8, 4) is 0 Å². The van der Waals surface area contributed by atoms with Gasteiger partial charge in [0.1, 0.15) is 5.60 Å². The number of rotatable bonds is 0. The van der Waals surface area contributed by atoms with Gasteiger partial charge in [0.2, 0.25) is 0 Å². The van der Waals surface area contributed by atoms with Crippen LogP contribution in [0, 0.1) is 0 Å². The normalized spacial score (nSPS) is 14.6. The van der Waals surface area contributed by atoms with Crippen LogP contribution in [0.15, 0.2) is 24.4 Å². The largest absolute Gasteiger partial charge is 0.444 e. The van der Waals surface area contributed by atoms with Gasteiger partial charge in [-0.2, -0.15) is 0 Å². The van der Waals surface area contributed by atoms with Gasteiger partial charge in [0.25, 0.3) is 0 Å². The number of fused-ring (bicyclic) bond motifs is 3. The van der Waals surface area contributed by atoms with Crippen LogP contribution in [0.3, 0.4) is 0 Å². The number of carbonyl (C=O) groups excluding carboxylic acids is 1. The molecule has 1 aromatic heterocycles. The van der Waals surface area contributed by atoms with E-state index in [4.69, 9.17) is 4.74 Å². The molecule has 126 valence electrons. The maximum Gasteiger partial charge on any atom is 0.410 e. The van der Waals surface area contributed by atoms with Crippen LogP contribution in [0.2, 0.25) is 0 Å². The second-order valence-corrected chi connectivity index (χ2v) is 6.61. The fourth-order valence-electron chi connectivity index (χ4n) is 2.88. The van der Waals surface area contributed by atoms with Crippen LogP contribution in [0.1, 0.15) is 45.7 Å². The van der Waals surface area contributed by atoms with Crippen molar-refractivity contribution in [1.29, 1.82) is 0 Å². The third kappa shape index (κ3) is 4.06. The molecule has 3 rings (SSSR count). The molecule has 0 saturated heterocycles. The molecule has 0 fully saturated rings. The lowest BCUT2D eigenvalue weighted by molar-refractivity contribution is 0.0258. The number of hydrogen-bond donors (Lipinski definition) is 1. The number of aromatic amines is 1. The molecule has 0 aliphatic carbocycles. The van der Waals surface area contributed by atoms with Gasteiger partial charge in [-0.15, -0.1) is 0 Å². The zero-order chi connectivity index (χ0) is 17.0. The van der Waals surface area contributed by atoms with Gasteiger partial charge in [0.05, 0.1) is 0 Å². The molecule has 1 aromatic carbocycles. The Labute approximate surface area is 138 Å². The molecule has 0 saturated carbocycles. The number of H-pyrrole nitrogens is 1. The third-order valence-corrected chi connectivity index (χ3v) is 3.87. The Hall–Kier alpha value is -1.97. The van der Waals surface area contributed by atoms with Crippen LogP contribution < -0.4 is 0 Å². The van der Waals surface area contributed by atoms with E-state index in [2.05, 4.69) is 23.2 Å². The summed E-state index contributed by atoms with van der Waals surface area (Å²) in [7, 11) is 0. The Bertz CT molecular complexity index is 668. The summed E-state index contributed by atoms with van der Waals surface area (Å²) in [4.78, 5) is 17.4. The first-order chi connectivity index (χ1) is 10.9. The van der Waals surface area contributed by atoms with E-state index in [0.717, 1.165) is 12.8 Å². The zero-order valence-electron chi connectivity index (χ0n) is 14.9. The third-order valence-electron chi connectivity index (χ3n) is 3.87. The van der Waals surface area contributed by atoms with Gasteiger partial charge < -0.3 is 14.6 Å². The molecular formula is C19H28N2O2. The number of benzene rings is 1. The second-order valence-electron chi connectivity index (χ2n) is 6.61. The zero-order valence-corrected chi connectivity index (χ0v) is 14.9. The molecule has 4 nitrogen and oxygen atoms in total. The minimum Gasteiger partial charge on any atom is -0.444 e. The Morgan fingerprint density at radius 2 is 1.83 bits per heavy atom. The Morgan fingerprint density at radius 3 is 2.52 bits per heavy atom. The van der Waals surface area contributed by atoms with Crippen LogP contribution in [0.25, 0.3) is 10.9 Å². The van der Waals surface area contributed by atoms with Gasteiger partial charge in [-0.25, -0.2) is 4.79 Å². The number of hydrogen-bond acceptors (Lipinski definition) is 2. The first-order valence-corrected chi connectivity index (χ1v) is 8.50. The summed E-state index contributed by atoms with van der Waals surface area (Å²) in [6.45, 7) is 11.1. The summed E-state index contributed by atoms with van der Waals surface area (Å²) in [5, 5.41) is 1.24. The molecule has 23 heavy (non-hydrogen) atoms. The highest BCUT2D eigenvalue weighted by Crippen LogP contribution is 2.25. The molecule has 4 heteroatoms. The SMILES string of the molecule is CC.CC(C)(C)OC(=O)N1CCc2ccc3cc[nH]c3c2CC1. The molecule has 1 aliphatic heterocycles. The van der Waals surface area contributed by atoms with Crippen molar-refractivity contribution in [2.45, 2.75) is 53.1 Å². The molecule has 2 heterocycles. The number of amides is 1. The standard InChI is InChI=1S/C17H22N2O2.C2H6/c1-17(2,3)21-16(20)19-10-7-12-4-5-13-6-9-18-15(13)14(12)8-11-19;1-2/h4-6,9,18H,7-8,10-11H2,1-3H3;1-2H3. The maximum absolute atomic E-state index is 12.2. The van der Waals surface area contributed by atoms with Crippen LogP contribution in [0.5, 0.6) is 0 Å². The highest BCUT2D eigenvalue weighted by atomic mass is 16.6. The topological polar surface area (TPSA) is 45.3 Å². The highest BCUT2D eigenvalue weighted by Gasteiger charge is 2.24. The molecular weight excluding hydrogens is 288 g/mol. The number of carbonyl (C=O) groups is 1. The highest BCUT2D eigenvalue weighted by molar-refractivity contribution is 5.84. The second kappa shape index (κ2) is 7.07. The molecule has 0 radical (unpaired) electrons. The van der Waals surface area contributed by atoms with Gasteiger partial charge in [0, 0.05) is 24.8 Å². The lowest BCUT2D eigenvalue weighted by Gasteiger charge is -2.26. The van der Waals surface area contributed by atoms with E-state index in [9.17, 15) is 4.79 Å². The monoisotopic (exact) mass is 316 g/mol. The lowest BCUT2D eigenvalue weighted by Crippen LogP contribution is -2.38. The van der Waals surface area contributed by atoms with Gasteiger partial charge in [-0.1, -0.05) is 26.0 Å². The minimum atomic E-state index is -0.442. The van der Waals surface area contributed by atoms with Crippen molar-refractivity contribution < 1.29 is 9.53 Å². The molecule has 1 N–H and O–H groups in total. The average Bonchev–Trinajstić information content (AvgIpc) is 2.86. The van der Waals surface area contributed by atoms with Crippen molar-refractivity contribution >= 4 is 17.0 Å². The number of nitrogens with one attached hydrogen (secondary N) is 1. The predicted molar refractivity (Wildman–Crippen MR) is 94.9 cm³/mol. The summed E-state index contributed by atoms with van der Waals surface area (Å²) >= 11 is 0. The molecule has 2 aromatic rings. The predicted octanol–water partition coefficient (Wildman–Crippen LogP) is 4.53. The number of nitrogens with zero attached hydrogens (tertiary/aromatic N) is 1. The summed E-state index contributed by atoms with van der Waals surface area (Å²) in [6, 6.07) is 6.42. The van der Waals surface area contributed by atoms with Crippen LogP contribution in [-0.2, 0) is 17.6 Å². The maximum atomic E-state index is 12.2. The first kappa shape index (κ1) is 17.4. The van der Waals surface area contributed by atoms with Crippen LogP contribution in [-0.4, -0.2) is 34.7 Å². The summed E-state index contributed by atoms with van der Waals surface area (Å²) < 4.78 is 5.48. The van der Waals surface area contributed by atoms with E-state index in [1.807, 2.05) is 45.7 Å².